The summed E-state index contributed by atoms with van der Waals surface area (Å²) in [7, 11) is -3.20. The summed E-state index contributed by atoms with van der Waals surface area (Å²) >= 11 is 0. The summed E-state index contributed by atoms with van der Waals surface area (Å²) in [6.07, 6.45) is 5.63. The predicted octanol–water partition coefficient (Wildman–Crippen LogP) is 4.17. The zero-order valence-corrected chi connectivity index (χ0v) is 18.9. The first-order chi connectivity index (χ1) is 14.1. The fraction of sp³-hybridized carbons (Fsp3) is 0.542. The van der Waals surface area contributed by atoms with Gasteiger partial charge in [-0.05, 0) is 85.6 Å². The molecule has 0 unspecified atom stereocenters. The molecular weight excluding hydrogens is 398 g/mol. The van der Waals surface area contributed by atoms with Gasteiger partial charge in [0, 0.05) is 11.4 Å². The van der Waals surface area contributed by atoms with E-state index in [1.54, 1.807) is 12.1 Å². The number of carboxylic acid groups (broad SMARTS) is 1. The summed E-state index contributed by atoms with van der Waals surface area (Å²) in [5.74, 6) is -0.231. The first kappa shape index (κ1) is 21.2. The van der Waals surface area contributed by atoms with Gasteiger partial charge >= 0.3 is 5.97 Å². The van der Waals surface area contributed by atoms with E-state index >= 15 is 0 Å². The topological polar surface area (TPSA) is 76.4 Å². The van der Waals surface area contributed by atoms with Crippen LogP contribution < -0.4 is 0 Å². The van der Waals surface area contributed by atoms with Crippen molar-refractivity contribution in [2.45, 2.75) is 70.7 Å². The first-order valence-electron chi connectivity index (χ1n) is 10.8. The highest BCUT2D eigenvalue weighted by Gasteiger charge is 2.32. The maximum atomic E-state index is 12.5. The molecule has 0 aliphatic heterocycles. The molecule has 1 heterocycles. The van der Waals surface area contributed by atoms with Crippen molar-refractivity contribution in [2.75, 3.05) is 5.75 Å². The average Bonchev–Trinajstić information content (AvgIpc) is 3.43. The number of carboxylic acids is 1. The lowest BCUT2D eigenvalue weighted by molar-refractivity contribution is -0.137. The third-order valence-electron chi connectivity index (χ3n) is 6.68. The molecule has 4 rings (SSSR count). The van der Waals surface area contributed by atoms with E-state index in [4.69, 9.17) is 0 Å². The lowest BCUT2D eigenvalue weighted by Crippen LogP contribution is -2.24. The molecule has 162 valence electrons. The van der Waals surface area contributed by atoms with Gasteiger partial charge in [0.05, 0.1) is 10.6 Å². The van der Waals surface area contributed by atoms with Crippen molar-refractivity contribution in [2.24, 2.45) is 11.3 Å². The Morgan fingerprint density at radius 1 is 1.20 bits per heavy atom. The Labute approximate surface area is 179 Å². The quantitative estimate of drug-likeness (QED) is 0.717. The van der Waals surface area contributed by atoms with Gasteiger partial charge in [-0.2, -0.15) is 0 Å². The molecule has 0 spiro atoms. The second-order valence-corrected chi connectivity index (χ2v) is 11.9. The van der Waals surface area contributed by atoms with Gasteiger partial charge in [-0.25, -0.2) is 8.42 Å². The van der Waals surface area contributed by atoms with Gasteiger partial charge in [-0.3, -0.25) is 4.79 Å². The van der Waals surface area contributed by atoms with Crippen molar-refractivity contribution < 1.29 is 18.3 Å². The SMILES string of the molecule is Cc1c(Cc2ccc(S(=O)(=O)CC3CC3)cc2)c2c(n1CC(=O)O)CCC(C)(C)C2. The van der Waals surface area contributed by atoms with Gasteiger partial charge in [0.1, 0.15) is 6.54 Å². The number of hydrogen-bond acceptors (Lipinski definition) is 3. The van der Waals surface area contributed by atoms with Crippen molar-refractivity contribution in [1.29, 1.82) is 0 Å². The van der Waals surface area contributed by atoms with Gasteiger partial charge in [0.15, 0.2) is 9.84 Å². The van der Waals surface area contributed by atoms with E-state index in [1.165, 1.54) is 11.1 Å². The standard InChI is InChI=1S/C24H31NO4S/c1-16-20(21-13-24(2,3)11-10-22(21)25(16)14-23(26)27)12-17-6-8-19(9-7-17)30(28,29)15-18-4-5-18/h6-9,18H,4-5,10-15H2,1-3H3,(H,26,27). The number of sulfone groups is 1. The van der Waals surface area contributed by atoms with Crippen LogP contribution >= 0.6 is 0 Å². The lowest BCUT2D eigenvalue weighted by atomic mass is 9.75. The Kier molecular flexibility index (Phi) is 5.33. The van der Waals surface area contributed by atoms with Crippen LogP contribution in [0.5, 0.6) is 0 Å². The summed E-state index contributed by atoms with van der Waals surface area (Å²) < 4.78 is 27.0. The number of aliphatic carboxylic acids is 1. The van der Waals surface area contributed by atoms with Crippen molar-refractivity contribution in [3.05, 3.63) is 52.3 Å². The highest BCUT2D eigenvalue weighted by Crippen LogP contribution is 2.39. The van der Waals surface area contributed by atoms with E-state index in [0.29, 0.717) is 17.2 Å². The number of hydrogen-bond donors (Lipinski definition) is 1. The van der Waals surface area contributed by atoms with E-state index in [9.17, 15) is 18.3 Å². The van der Waals surface area contributed by atoms with Crippen LogP contribution in [-0.2, 0) is 40.4 Å². The van der Waals surface area contributed by atoms with Crippen molar-refractivity contribution in [3.8, 4) is 0 Å². The zero-order chi connectivity index (χ0) is 21.7. The smallest absolute Gasteiger partial charge is 0.323 e. The molecule has 30 heavy (non-hydrogen) atoms. The number of rotatable bonds is 7. The van der Waals surface area contributed by atoms with Gasteiger partial charge in [-0.15, -0.1) is 0 Å². The summed E-state index contributed by atoms with van der Waals surface area (Å²) in [4.78, 5) is 11.8. The molecule has 0 atom stereocenters. The molecule has 1 aromatic heterocycles. The zero-order valence-electron chi connectivity index (χ0n) is 18.1. The summed E-state index contributed by atoms with van der Waals surface area (Å²) in [5.41, 5.74) is 5.92. The highest BCUT2D eigenvalue weighted by molar-refractivity contribution is 7.91. The minimum Gasteiger partial charge on any atom is -0.480 e. The van der Waals surface area contributed by atoms with Crippen LogP contribution in [0, 0.1) is 18.3 Å². The van der Waals surface area contributed by atoms with Gasteiger partial charge < -0.3 is 9.67 Å². The van der Waals surface area contributed by atoms with Crippen LogP contribution in [0.1, 0.15) is 61.2 Å². The summed E-state index contributed by atoms with van der Waals surface area (Å²) in [5, 5.41) is 9.39. The summed E-state index contributed by atoms with van der Waals surface area (Å²) in [6, 6.07) is 7.28. The van der Waals surface area contributed by atoms with E-state index in [-0.39, 0.29) is 17.7 Å². The fourth-order valence-corrected chi connectivity index (χ4v) is 6.43. The largest absolute Gasteiger partial charge is 0.480 e. The molecule has 1 saturated carbocycles. The average molecular weight is 430 g/mol. The highest BCUT2D eigenvalue weighted by atomic mass is 32.2. The number of benzene rings is 1. The Balaban J connectivity index is 1.64. The molecule has 2 aromatic rings. The Bertz CT molecular complexity index is 1070. The van der Waals surface area contributed by atoms with Crippen LogP contribution in [0.4, 0.5) is 0 Å². The first-order valence-corrected chi connectivity index (χ1v) is 12.4. The number of aromatic nitrogens is 1. The normalized spacial score (nSPS) is 18.2. The van der Waals surface area contributed by atoms with Crippen LogP contribution in [0.3, 0.4) is 0 Å². The molecular formula is C24H31NO4S. The molecule has 0 saturated heterocycles. The van der Waals surface area contributed by atoms with Crippen LogP contribution in [0.25, 0.3) is 0 Å². The third-order valence-corrected chi connectivity index (χ3v) is 8.58. The van der Waals surface area contributed by atoms with Crippen molar-refractivity contribution >= 4 is 15.8 Å². The van der Waals surface area contributed by atoms with Crippen LogP contribution in [0.15, 0.2) is 29.2 Å². The molecule has 0 bridgehead atoms. The van der Waals surface area contributed by atoms with Crippen LogP contribution in [0.2, 0.25) is 0 Å². The molecule has 2 aliphatic rings. The molecule has 1 aromatic carbocycles. The third kappa shape index (κ3) is 4.34. The summed E-state index contributed by atoms with van der Waals surface area (Å²) in [6.45, 7) is 6.54. The Morgan fingerprint density at radius 2 is 1.87 bits per heavy atom. The van der Waals surface area contributed by atoms with Gasteiger partial charge in [-0.1, -0.05) is 26.0 Å². The van der Waals surface area contributed by atoms with Gasteiger partial charge in [0.2, 0.25) is 0 Å². The minimum absolute atomic E-state index is 0.00700. The minimum atomic E-state index is -3.20. The Hall–Kier alpha value is -2.08. The van der Waals surface area contributed by atoms with E-state index in [0.717, 1.165) is 49.1 Å². The van der Waals surface area contributed by atoms with Crippen LogP contribution in [-0.4, -0.2) is 29.8 Å². The van der Waals surface area contributed by atoms with E-state index in [1.807, 2.05) is 23.6 Å². The van der Waals surface area contributed by atoms with Crippen molar-refractivity contribution in [1.82, 2.24) is 4.57 Å². The predicted molar refractivity (Wildman–Crippen MR) is 117 cm³/mol. The number of carbonyl (C=O) groups is 1. The maximum Gasteiger partial charge on any atom is 0.323 e. The maximum absolute atomic E-state index is 12.5. The molecule has 6 heteroatoms. The molecule has 1 N–H and O–H groups in total. The second kappa shape index (κ2) is 7.56. The fourth-order valence-electron chi connectivity index (χ4n) is 4.73. The molecule has 5 nitrogen and oxygen atoms in total. The molecule has 0 radical (unpaired) electrons. The van der Waals surface area contributed by atoms with Gasteiger partial charge in [0.25, 0.3) is 0 Å². The number of nitrogens with zero attached hydrogens (tertiary/aromatic N) is 1. The lowest BCUT2D eigenvalue weighted by Gasteiger charge is -2.31. The number of fused-ring (bicyclic) bond motifs is 1. The van der Waals surface area contributed by atoms with E-state index < -0.39 is 15.8 Å². The van der Waals surface area contributed by atoms with Crippen molar-refractivity contribution in [3.63, 3.8) is 0 Å². The Morgan fingerprint density at radius 3 is 2.47 bits per heavy atom. The molecule has 2 aliphatic carbocycles. The monoisotopic (exact) mass is 429 g/mol. The molecule has 0 amide bonds. The van der Waals surface area contributed by atoms with E-state index in [2.05, 4.69) is 13.8 Å². The second-order valence-electron chi connectivity index (χ2n) is 9.86. The molecule has 1 fully saturated rings.